The van der Waals surface area contributed by atoms with Gasteiger partial charge in [-0.1, -0.05) is 66.7 Å². The van der Waals surface area contributed by atoms with E-state index in [4.69, 9.17) is 5.73 Å². The van der Waals surface area contributed by atoms with Gasteiger partial charge >= 0.3 is 0 Å². The zero-order valence-corrected chi connectivity index (χ0v) is 15.4. The van der Waals surface area contributed by atoms with Gasteiger partial charge in [-0.15, -0.1) is 0 Å². The molecule has 5 aromatic rings. The molecule has 5 nitrogen and oxygen atoms in total. The van der Waals surface area contributed by atoms with Gasteiger partial charge in [0.2, 0.25) is 0 Å². The average Bonchev–Trinajstić information content (AvgIpc) is 3.11. The van der Waals surface area contributed by atoms with Crippen LogP contribution in [0, 0.1) is 0 Å². The maximum atomic E-state index is 12.1. The van der Waals surface area contributed by atoms with Gasteiger partial charge in [-0.2, -0.15) is 0 Å². The Balaban J connectivity index is 2.07. The zero-order chi connectivity index (χ0) is 20.0. The van der Waals surface area contributed by atoms with Gasteiger partial charge in [-0.05, 0) is 18.2 Å². The minimum Gasteiger partial charge on any atom is -0.505 e. The SMILES string of the molecule is NC(=O)c1nc(-c2ccccc2)c2c(c1O)c1ccccc1n2-c1ccccc1. The van der Waals surface area contributed by atoms with Gasteiger partial charge in [0.05, 0.1) is 22.1 Å². The Morgan fingerprint density at radius 2 is 1.48 bits per heavy atom. The number of fused-ring (bicyclic) bond motifs is 3. The van der Waals surface area contributed by atoms with Crippen LogP contribution < -0.4 is 5.73 Å². The number of amides is 1. The van der Waals surface area contributed by atoms with E-state index in [2.05, 4.69) is 9.55 Å². The van der Waals surface area contributed by atoms with E-state index in [0.717, 1.165) is 27.7 Å². The second kappa shape index (κ2) is 6.49. The third kappa shape index (κ3) is 2.56. The summed E-state index contributed by atoms with van der Waals surface area (Å²) in [6.07, 6.45) is 0. The van der Waals surface area contributed by atoms with Crippen LogP contribution in [0.4, 0.5) is 0 Å². The van der Waals surface area contributed by atoms with Gasteiger partial charge in [0, 0.05) is 16.6 Å². The lowest BCUT2D eigenvalue weighted by atomic mass is 10.1. The number of para-hydroxylation sites is 2. The normalized spacial score (nSPS) is 11.2. The molecule has 140 valence electrons. The van der Waals surface area contributed by atoms with Crippen molar-refractivity contribution in [1.29, 1.82) is 0 Å². The minimum atomic E-state index is -0.766. The van der Waals surface area contributed by atoms with Crippen LogP contribution in [0.2, 0.25) is 0 Å². The molecule has 3 aromatic carbocycles. The molecule has 0 aliphatic rings. The molecule has 0 saturated carbocycles. The molecule has 0 radical (unpaired) electrons. The van der Waals surface area contributed by atoms with Gasteiger partial charge in [-0.25, -0.2) is 4.98 Å². The largest absolute Gasteiger partial charge is 0.505 e. The predicted octanol–water partition coefficient (Wildman–Crippen LogP) is 4.65. The van der Waals surface area contributed by atoms with Gasteiger partial charge in [0.1, 0.15) is 0 Å². The Hall–Kier alpha value is -4.12. The first-order valence-electron chi connectivity index (χ1n) is 9.23. The first-order chi connectivity index (χ1) is 14.2. The highest BCUT2D eigenvalue weighted by atomic mass is 16.3. The third-order valence-electron chi connectivity index (χ3n) is 5.08. The minimum absolute atomic E-state index is 0.132. The number of nitrogens with two attached hydrogens (primary N) is 1. The van der Waals surface area contributed by atoms with E-state index in [9.17, 15) is 9.90 Å². The van der Waals surface area contributed by atoms with Crippen molar-refractivity contribution in [2.45, 2.75) is 0 Å². The molecule has 0 spiro atoms. The van der Waals surface area contributed by atoms with Crippen molar-refractivity contribution >= 4 is 27.7 Å². The molecular formula is C24H17N3O2. The fourth-order valence-electron chi connectivity index (χ4n) is 3.85. The zero-order valence-electron chi connectivity index (χ0n) is 15.4. The van der Waals surface area contributed by atoms with Gasteiger partial charge < -0.3 is 15.4 Å². The Bertz CT molecular complexity index is 1370. The van der Waals surface area contributed by atoms with E-state index in [1.807, 2.05) is 84.9 Å². The van der Waals surface area contributed by atoms with Crippen molar-refractivity contribution in [1.82, 2.24) is 9.55 Å². The molecule has 0 fully saturated rings. The van der Waals surface area contributed by atoms with Crippen molar-refractivity contribution in [3.63, 3.8) is 0 Å². The summed E-state index contributed by atoms with van der Waals surface area (Å²) in [4.78, 5) is 16.6. The molecule has 5 rings (SSSR count). The molecule has 1 amide bonds. The highest BCUT2D eigenvalue weighted by Gasteiger charge is 2.24. The van der Waals surface area contributed by atoms with Crippen molar-refractivity contribution in [3.05, 3.63) is 90.6 Å². The molecule has 0 unspecified atom stereocenters. The van der Waals surface area contributed by atoms with E-state index < -0.39 is 5.91 Å². The van der Waals surface area contributed by atoms with Crippen molar-refractivity contribution in [2.75, 3.05) is 0 Å². The van der Waals surface area contributed by atoms with E-state index in [1.54, 1.807) is 0 Å². The predicted molar refractivity (Wildman–Crippen MR) is 114 cm³/mol. The molecule has 2 aromatic heterocycles. The van der Waals surface area contributed by atoms with Crippen LogP contribution >= 0.6 is 0 Å². The number of carbonyl (C=O) groups excluding carboxylic acids is 1. The summed E-state index contributed by atoms with van der Waals surface area (Å²) in [6.45, 7) is 0. The lowest BCUT2D eigenvalue weighted by Gasteiger charge is -2.13. The monoisotopic (exact) mass is 379 g/mol. The first-order valence-corrected chi connectivity index (χ1v) is 9.23. The molecule has 5 heteroatoms. The number of nitrogens with zero attached hydrogens (tertiary/aromatic N) is 2. The molecule has 0 aliphatic heterocycles. The summed E-state index contributed by atoms with van der Waals surface area (Å²) in [5.74, 6) is -0.962. The van der Waals surface area contributed by atoms with Crippen molar-refractivity contribution < 1.29 is 9.90 Å². The summed E-state index contributed by atoms with van der Waals surface area (Å²) in [5.41, 5.74) is 9.41. The number of hydrogen-bond donors (Lipinski definition) is 2. The quantitative estimate of drug-likeness (QED) is 0.479. The third-order valence-corrected chi connectivity index (χ3v) is 5.08. The summed E-state index contributed by atoms with van der Waals surface area (Å²) in [6, 6.07) is 27.2. The van der Waals surface area contributed by atoms with Crippen LogP contribution in [0.5, 0.6) is 5.75 Å². The number of pyridine rings is 1. The summed E-state index contributed by atoms with van der Waals surface area (Å²) in [5, 5.41) is 12.4. The van der Waals surface area contributed by atoms with Crippen LogP contribution in [0.15, 0.2) is 84.9 Å². The summed E-state index contributed by atoms with van der Waals surface area (Å²) in [7, 11) is 0. The van der Waals surface area contributed by atoms with Crippen LogP contribution in [0.25, 0.3) is 38.8 Å². The second-order valence-corrected chi connectivity index (χ2v) is 6.80. The summed E-state index contributed by atoms with van der Waals surface area (Å²) < 4.78 is 2.06. The van der Waals surface area contributed by atoms with Crippen LogP contribution in [0.3, 0.4) is 0 Å². The molecule has 0 atom stereocenters. The Kier molecular flexibility index (Phi) is 3.81. The van der Waals surface area contributed by atoms with Crippen LogP contribution in [0.1, 0.15) is 10.5 Å². The molecule has 2 heterocycles. The topological polar surface area (TPSA) is 81.1 Å². The maximum Gasteiger partial charge on any atom is 0.271 e. The van der Waals surface area contributed by atoms with Crippen molar-refractivity contribution in [2.24, 2.45) is 5.73 Å². The number of primary amides is 1. The van der Waals surface area contributed by atoms with Gasteiger partial charge in [0.15, 0.2) is 11.4 Å². The Morgan fingerprint density at radius 1 is 0.862 bits per heavy atom. The van der Waals surface area contributed by atoms with E-state index in [-0.39, 0.29) is 11.4 Å². The average molecular weight is 379 g/mol. The Labute approximate surface area is 166 Å². The molecule has 0 aliphatic carbocycles. The number of aromatic nitrogens is 2. The molecule has 29 heavy (non-hydrogen) atoms. The summed E-state index contributed by atoms with van der Waals surface area (Å²) >= 11 is 0. The number of hydrogen-bond acceptors (Lipinski definition) is 3. The number of carbonyl (C=O) groups is 1. The van der Waals surface area contributed by atoms with E-state index in [0.29, 0.717) is 11.1 Å². The fourth-order valence-corrected chi connectivity index (χ4v) is 3.85. The van der Waals surface area contributed by atoms with Gasteiger partial charge in [0.25, 0.3) is 5.91 Å². The smallest absolute Gasteiger partial charge is 0.271 e. The first kappa shape index (κ1) is 17.0. The second-order valence-electron chi connectivity index (χ2n) is 6.80. The maximum absolute atomic E-state index is 12.1. The standard InChI is InChI=1S/C24H17N3O2/c25-24(29)21-23(28)19-17-13-7-8-14-18(17)27(16-11-5-2-6-12-16)22(19)20(26-21)15-9-3-1-4-10-15/h1-14,28H,(H2,25,29). The molecule has 0 saturated heterocycles. The fraction of sp³-hybridized carbons (Fsp3) is 0. The van der Waals surface area contributed by atoms with Gasteiger partial charge in [-0.3, -0.25) is 4.79 Å². The lowest BCUT2D eigenvalue weighted by molar-refractivity contribution is 0.0993. The number of rotatable bonds is 3. The van der Waals surface area contributed by atoms with Crippen LogP contribution in [-0.4, -0.2) is 20.6 Å². The molecular weight excluding hydrogens is 362 g/mol. The molecule has 3 N–H and O–H groups in total. The van der Waals surface area contributed by atoms with E-state index >= 15 is 0 Å². The highest BCUT2D eigenvalue weighted by Crippen LogP contribution is 2.42. The number of aromatic hydroxyl groups is 1. The van der Waals surface area contributed by atoms with Crippen LogP contribution in [-0.2, 0) is 0 Å². The number of benzene rings is 3. The highest BCUT2D eigenvalue weighted by molar-refractivity contribution is 6.18. The Morgan fingerprint density at radius 3 is 2.17 bits per heavy atom. The van der Waals surface area contributed by atoms with E-state index in [1.165, 1.54) is 0 Å². The molecule has 0 bridgehead atoms. The lowest BCUT2D eigenvalue weighted by Crippen LogP contribution is -2.14. The van der Waals surface area contributed by atoms with Crippen molar-refractivity contribution in [3.8, 4) is 22.7 Å².